The van der Waals surface area contributed by atoms with Crippen LogP contribution in [0.1, 0.15) is 48.0 Å². The summed E-state index contributed by atoms with van der Waals surface area (Å²) in [6, 6.07) is 22.8. The predicted molar refractivity (Wildman–Crippen MR) is 147 cm³/mol. The van der Waals surface area contributed by atoms with Crippen LogP contribution in [0.15, 0.2) is 66.7 Å². The predicted octanol–water partition coefficient (Wildman–Crippen LogP) is 5.44. The normalized spacial score (nSPS) is 17.7. The fourth-order valence-corrected chi connectivity index (χ4v) is 5.45. The first-order valence-electron chi connectivity index (χ1n) is 13.7. The zero-order valence-electron chi connectivity index (χ0n) is 21.4. The van der Waals surface area contributed by atoms with Crippen LogP contribution in [0.4, 0.5) is 0 Å². The summed E-state index contributed by atoms with van der Waals surface area (Å²) >= 11 is 0. The van der Waals surface area contributed by atoms with Crippen LogP contribution in [0.2, 0.25) is 0 Å². The lowest BCUT2D eigenvalue weighted by Gasteiger charge is -2.26. The molecule has 3 aromatic rings. The Hall–Kier alpha value is -2.89. The van der Waals surface area contributed by atoms with Crippen LogP contribution < -0.4 is 4.74 Å². The topological polar surface area (TPSA) is 36.0 Å². The molecule has 2 aliphatic heterocycles. The Kier molecular flexibility index (Phi) is 8.52. The van der Waals surface area contributed by atoms with Gasteiger partial charge in [-0.25, -0.2) is 0 Å². The molecule has 2 saturated heterocycles. The van der Waals surface area contributed by atoms with Crippen molar-refractivity contribution in [2.24, 2.45) is 0 Å². The molecule has 1 amide bonds. The zero-order valence-corrected chi connectivity index (χ0v) is 21.4. The van der Waals surface area contributed by atoms with Crippen LogP contribution in [0.5, 0.6) is 5.75 Å². The molecule has 2 aliphatic rings. The van der Waals surface area contributed by atoms with E-state index < -0.39 is 0 Å². The molecule has 0 N–H and O–H groups in total. The van der Waals surface area contributed by atoms with Gasteiger partial charge in [-0.3, -0.25) is 9.69 Å². The van der Waals surface area contributed by atoms with Crippen molar-refractivity contribution in [3.05, 3.63) is 77.9 Å². The average Bonchev–Trinajstić information content (AvgIpc) is 3.17. The molecule has 0 bridgehead atoms. The van der Waals surface area contributed by atoms with Gasteiger partial charge in [-0.05, 0) is 79.4 Å². The first-order chi connectivity index (χ1) is 17.7. The second kappa shape index (κ2) is 12.4. The molecule has 190 valence electrons. The van der Waals surface area contributed by atoms with Gasteiger partial charge < -0.3 is 14.5 Å². The first kappa shape index (κ1) is 24.8. The van der Waals surface area contributed by atoms with Gasteiger partial charge in [0.15, 0.2) is 0 Å². The third-order valence-corrected chi connectivity index (χ3v) is 7.54. The number of hydrogen-bond donors (Lipinski definition) is 0. The summed E-state index contributed by atoms with van der Waals surface area (Å²) < 4.78 is 5.99. The van der Waals surface area contributed by atoms with Crippen LogP contribution >= 0.6 is 0 Å². The molecule has 5 rings (SSSR count). The van der Waals surface area contributed by atoms with Gasteiger partial charge in [-0.2, -0.15) is 0 Å². The lowest BCUT2D eigenvalue weighted by atomic mass is 10.1. The van der Waals surface area contributed by atoms with Gasteiger partial charge in [0.2, 0.25) is 0 Å². The highest BCUT2D eigenvalue weighted by Crippen LogP contribution is 2.19. The Balaban J connectivity index is 1.07. The van der Waals surface area contributed by atoms with Gasteiger partial charge in [0, 0.05) is 44.8 Å². The van der Waals surface area contributed by atoms with E-state index in [1.165, 1.54) is 43.3 Å². The molecule has 0 saturated carbocycles. The fourth-order valence-electron chi connectivity index (χ4n) is 5.45. The van der Waals surface area contributed by atoms with E-state index in [0.717, 1.165) is 75.4 Å². The van der Waals surface area contributed by atoms with Crippen LogP contribution in [0, 0.1) is 0 Å². The Morgan fingerprint density at radius 2 is 1.50 bits per heavy atom. The molecule has 0 aromatic heterocycles. The van der Waals surface area contributed by atoms with Crippen LogP contribution in [0.25, 0.3) is 10.8 Å². The Labute approximate surface area is 215 Å². The minimum Gasteiger partial charge on any atom is -0.494 e. The summed E-state index contributed by atoms with van der Waals surface area (Å²) in [5, 5.41) is 2.29. The summed E-state index contributed by atoms with van der Waals surface area (Å²) in [6.07, 6.45) is 6.16. The smallest absolute Gasteiger partial charge is 0.253 e. The van der Waals surface area contributed by atoms with Crippen molar-refractivity contribution in [3.63, 3.8) is 0 Å². The van der Waals surface area contributed by atoms with E-state index in [2.05, 4.69) is 52.3 Å². The number of fused-ring (bicyclic) bond motifs is 1. The van der Waals surface area contributed by atoms with Crippen molar-refractivity contribution in [1.82, 2.24) is 14.7 Å². The number of carbonyl (C=O) groups excluding carboxylic acids is 1. The van der Waals surface area contributed by atoms with E-state index in [-0.39, 0.29) is 5.91 Å². The number of nitrogens with zero attached hydrogens (tertiary/aromatic N) is 3. The molecule has 0 spiro atoms. The van der Waals surface area contributed by atoms with Crippen molar-refractivity contribution < 1.29 is 9.53 Å². The summed E-state index contributed by atoms with van der Waals surface area (Å²) in [6.45, 7) is 8.82. The van der Waals surface area contributed by atoms with E-state index in [9.17, 15) is 4.79 Å². The molecule has 2 fully saturated rings. The second-order valence-corrected chi connectivity index (χ2v) is 10.2. The third-order valence-electron chi connectivity index (χ3n) is 7.54. The molecule has 5 heteroatoms. The van der Waals surface area contributed by atoms with Crippen molar-refractivity contribution in [1.29, 1.82) is 0 Å². The van der Waals surface area contributed by atoms with E-state index >= 15 is 0 Å². The van der Waals surface area contributed by atoms with Crippen molar-refractivity contribution >= 4 is 16.7 Å². The van der Waals surface area contributed by atoms with E-state index in [0.29, 0.717) is 0 Å². The van der Waals surface area contributed by atoms with Crippen LogP contribution in [0.3, 0.4) is 0 Å². The van der Waals surface area contributed by atoms with Crippen LogP contribution in [-0.4, -0.2) is 73.0 Å². The number of carbonyl (C=O) groups is 1. The van der Waals surface area contributed by atoms with E-state index in [1.807, 2.05) is 29.2 Å². The molecule has 0 unspecified atom stereocenters. The molecule has 0 radical (unpaired) electrons. The summed E-state index contributed by atoms with van der Waals surface area (Å²) in [5.74, 6) is 1.10. The van der Waals surface area contributed by atoms with E-state index in [1.54, 1.807) is 0 Å². The number of likely N-dealkylation sites (tertiary alicyclic amines) is 1. The number of rotatable bonds is 8. The quantitative estimate of drug-likeness (QED) is 0.398. The maximum absolute atomic E-state index is 13.2. The zero-order chi connectivity index (χ0) is 24.6. The monoisotopic (exact) mass is 485 g/mol. The number of hydrogen-bond acceptors (Lipinski definition) is 4. The number of amides is 1. The highest BCUT2D eigenvalue weighted by atomic mass is 16.5. The maximum atomic E-state index is 13.2. The summed E-state index contributed by atoms with van der Waals surface area (Å²) in [5.41, 5.74) is 2.08. The van der Waals surface area contributed by atoms with Crippen molar-refractivity contribution in [2.75, 3.05) is 52.4 Å². The Morgan fingerprint density at radius 3 is 2.33 bits per heavy atom. The minimum atomic E-state index is 0.143. The molecule has 0 atom stereocenters. The molecular formula is C31H39N3O2. The van der Waals surface area contributed by atoms with E-state index in [4.69, 9.17) is 4.74 Å². The SMILES string of the molecule is O=C(c1ccc2ccccc2c1)N1CCCN(Cc2ccc(OCCCN3CCCCC3)cc2)CC1. The number of benzene rings is 3. The Bertz CT molecular complexity index is 1120. The van der Waals surface area contributed by atoms with Gasteiger partial charge in [-0.1, -0.05) is 48.9 Å². The summed E-state index contributed by atoms with van der Waals surface area (Å²) in [4.78, 5) is 20.2. The largest absolute Gasteiger partial charge is 0.494 e. The highest BCUT2D eigenvalue weighted by molar-refractivity contribution is 5.98. The molecule has 5 nitrogen and oxygen atoms in total. The maximum Gasteiger partial charge on any atom is 0.253 e. The summed E-state index contributed by atoms with van der Waals surface area (Å²) in [7, 11) is 0. The van der Waals surface area contributed by atoms with Crippen molar-refractivity contribution in [2.45, 2.75) is 38.6 Å². The number of ether oxygens (including phenoxy) is 1. The molecular weight excluding hydrogens is 446 g/mol. The average molecular weight is 486 g/mol. The van der Waals surface area contributed by atoms with Gasteiger partial charge in [0.05, 0.1) is 6.61 Å². The van der Waals surface area contributed by atoms with Gasteiger partial charge >= 0.3 is 0 Å². The number of piperidine rings is 1. The first-order valence-corrected chi connectivity index (χ1v) is 13.7. The van der Waals surface area contributed by atoms with Gasteiger partial charge in [-0.15, -0.1) is 0 Å². The fraction of sp³-hybridized carbons (Fsp3) is 0.452. The van der Waals surface area contributed by atoms with Gasteiger partial charge in [0.25, 0.3) is 5.91 Å². The molecule has 2 heterocycles. The third kappa shape index (κ3) is 6.65. The minimum absolute atomic E-state index is 0.143. The Morgan fingerprint density at radius 1 is 0.722 bits per heavy atom. The van der Waals surface area contributed by atoms with Crippen molar-refractivity contribution in [3.8, 4) is 5.75 Å². The lowest BCUT2D eigenvalue weighted by Crippen LogP contribution is -2.35. The standard InChI is InChI=1S/C31H39N3O2/c35-31(29-13-12-27-8-2-3-9-28(27)24-29)34-20-6-18-33(21-22-34)25-26-10-14-30(15-11-26)36-23-7-19-32-16-4-1-5-17-32/h2-3,8-15,24H,1,4-7,16-23,25H2. The highest BCUT2D eigenvalue weighted by Gasteiger charge is 2.20. The van der Waals surface area contributed by atoms with Gasteiger partial charge in [0.1, 0.15) is 5.75 Å². The second-order valence-electron chi connectivity index (χ2n) is 10.2. The lowest BCUT2D eigenvalue weighted by molar-refractivity contribution is 0.0761. The molecule has 36 heavy (non-hydrogen) atoms. The van der Waals surface area contributed by atoms with Crippen LogP contribution in [-0.2, 0) is 6.54 Å². The molecule has 0 aliphatic carbocycles. The molecule has 3 aromatic carbocycles.